The van der Waals surface area contributed by atoms with Gasteiger partial charge in [-0.2, -0.15) is 0 Å². The van der Waals surface area contributed by atoms with Crippen molar-refractivity contribution in [3.05, 3.63) is 47.7 Å². The average molecular weight is 330 g/mol. The molecular formula is C15H14N4O5. The first kappa shape index (κ1) is 16.9. The van der Waals surface area contributed by atoms with E-state index in [1.807, 2.05) is 0 Å². The van der Waals surface area contributed by atoms with Gasteiger partial charge >= 0.3 is 5.97 Å². The van der Waals surface area contributed by atoms with Crippen LogP contribution >= 0.6 is 0 Å². The maximum atomic E-state index is 12.0. The number of rotatable bonds is 6. The zero-order chi connectivity index (χ0) is 17.5. The van der Waals surface area contributed by atoms with Crippen LogP contribution in [0.4, 0.5) is 5.69 Å². The van der Waals surface area contributed by atoms with Crippen molar-refractivity contribution in [1.82, 2.24) is 15.5 Å². The van der Waals surface area contributed by atoms with Crippen molar-refractivity contribution in [3.8, 4) is 5.88 Å². The fourth-order valence-corrected chi connectivity index (χ4v) is 1.71. The minimum absolute atomic E-state index is 0.110. The zero-order valence-corrected chi connectivity index (χ0v) is 12.6. The molecule has 2 aromatic rings. The fraction of sp³-hybridized carbons (Fsp3) is 0.133. The van der Waals surface area contributed by atoms with Crippen molar-refractivity contribution < 1.29 is 24.2 Å². The summed E-state index contributed by atoms with van der Waals surface area (Å²) in [5.41, 5.74) is 0.838. The highest BCUT2D eigenvalue weighted by molar-refractivity contribution is 6.03. The van der Waals surface area contributed by atoms with Crippen molar-refractivity contribution in [3.63, 3.8) is 0 Å². The first-order valence-corrected chi connectivity index (χ1v) is 6.78. The van der Waals surface area contributed by atoms with Gasteiger partial charge in [0.2, 0.25) is 5.88 Å². The normalized spacial score (nSPS) is 9.88. The predicted octanol–water partition coefficient (Wildman–Crippen LogP) is 0.552. The number of hydrogen-bond acceptors (Lipinski definition) is 6. The zero-order valence-electron chi connectivity index (χ0n) is 12.6. The van der Waals surface area contributed by atoms with Gasteiger partial charge in [-0.25, -0.2) is 0 Å². The van der Waals surface area contributed by atoms with Gasteiger partial charge in [0.15, 0.2) is 5.69 Å². The Morgan fingerprint density at radius 2 is 1.75 bits per heavy atom. The number of anilines is 1. The molecule has 9 nitrogen and oxygen atoms in total. The van der Waals surface area contributed by atoms with Gasteiger partial charge < -0.3 is 20.5 Å². The van der Waals surface area contributed by atoms with E-state index in [9.17, 15) is 14.4 Å². The van der Waals surface area contributed by atoms with Gasteiger partial charge in [0, 0.05) is 17.3 Å². The predicted molar refractivity (Wildman–Crippen MR) is 82.9 cm³/mol. The quantitative estimate of drug-likeness (QED) is 0.705. The Balaban J connectivity index is 1.98. The van der Waals surface area contributed by atoms with Crippen LogP contribution in [0.2, 0.25) is 0 Å². The molecule has 0 unspecified atom stereocenters. The van der Waals surface area contributed by atoms with E-state index in [1.54, 1.807) is 0 Å². The highest BCUT2D eigenvalue weighted by Gasteiger charge is 2.10. The molecule has 0 spiro atoms. The van der Waals surface area contributed by atoms with Gasteiger partial charge in [-0.05, 0) is 30.3 Å². The monoisotopic (exact) mass is 330 g/mol. The lowest BCUT2D eigenvalue weighted by Crippen LogP contribution is -2.29. The number of nitrogens with zero attached hydrogens (tertiary/aromatic N) is 2. The van der Waals surface area contributed by atoms with E-state index in [-0.39, 0.29) is 11.3 Å². The molecule has 0 aliphatic heterocycles. The summed E-state index contributed by atoms with van der Waals surface area (Å²) < 4.78 is 4.86. The number of amides is 2. The summed E-state index contributed by atoms with van der Waals surface area (Å²) in [5.74, 6) is -1.82. The van der Waals surface area contributed by atoms with Crippen LogP contribution in [0.1, 0.15) is 20.8 Å². The summed E-state index contributed by atoms with van der Waals surface area (Å²) >= 11 is 0. The Labute approximate surface area is 136 Å². The van der Waals surface area contributed by atoms with Gasteiger partial charge in [-0.1, -0.05) is 0 Å². The molecule has 1 heterocycles. The Morgan fingerprint density at radius 3 is 2.29 bits per heavy atom. The van der Waals surface area contributed by atoms with Crippen LogP contribution in [0.15, 0.2) is 36.4 Å². The van der Waals surface area contributed by atoms with Crippen molar-refractivity contribution in [1.29, 1.82) is 0 Å². The van der Waals surface area contributed by atoms with E-state index in [4.69, 9.17) is 9.84 Å². The number of ether oxygens (including phenoxy) is 1. The summed E-state index contributed by atoms with van der Waals surface area (Å²) in [5, 5.41) is 20.8. The van der Waals surface area contributed by atoms with Gasteiger partial charge in [-0.15, -0.1) is 10.2 Å². The molecule has 0 fully saturated rings. The maximum Gasteiger partial charge on any atom is 0.322 e. The number of hydrogen-bond donors (Lipinski definition) is 3. The van der Waals surface area contributed by atoms with Crippen LogP contribution in [-0.4, -0.2) is 46.7 Å². The lowest BCUT2D eigenvalue weighted by molar-refractivity contribution is -0.135. The molecule has 2 rings (SSSR count). The molecule has 0 saturated heterocycles. The molecule has 0 aliphatic rings. The minimum atomic E-state index is -1.13. The van der Waals surface area contributed by atoms with Crippen molar-refractivity contribution in [2.75, 3.05) is 19.0 Å². The highest BCUT2D eigenvalue weighted by atomic mass is 16.5. The van der Waals surface area contributed by atoms with E-state index in [2.05, 4.69) is 20.8 Å². The van der Waals surface area contributed by atoms with Gasteiger partial charge in [-0.3, -0.25) is 14.4 Å². The topological polar surface area (TPSA) is 131 Å². The number of benzene rings is 1. The Hall–Kier alpha value is -3.49. The molecular weight excluding hydrogens is 316 g/mol. The smallest absolute Gasteiger partial charge is 0.322 e. The Bertz CT molecular complexity index is 743. The summed E-state index contributed by atoms with van der Waals surface area (Å²) in [6, 6.07) is 8.95. The van der Waals surface area contributed by atoms with Crippen LogP contribution in [-0.2, 0) is 4.79 Å². The fourth-order valence-electron chi connectivity index (χ4n) is 1.71. The summed E-state index contributed by atoms with van der Waals surface area (Å²) in [6.45, 7) is -0.465. The van der Waals surface area contributed by atoms with Crippen molar-refractivity contribution in [2.45, 2.75) is 0 Å². The first-order valence-electron chi connectivity index (χ1n) is 6.78. The SMILES string of the molecule is COc1ccc(C(=O)Nc2ccc(C(=O)NCC(=O)O)cc2)nn1. The molecule has 0 radical (unpaired) electrons. The maximum absolute atomic E-state index is 12.0. The standard InChI is InChI=1S/C15H14N4O5/c1-24-12-7-6-11(18-19-12)15(23)17-10-4-2-9(3-5-10)14(22)16-8-13(20)21/h2-7H,8H2,1H3,(H,16,22)(H,17,23)(H,20,21). The third kappa shape index (κ3) is 4.50. The van der Waals surface area contributed by atoms with E-state index in [0.717, 1.165) is 0 Å². The highest BCUT2D eigenvalue weighted by Crippen LogP contribution is 2.11. The van der Waals surface area contributed by atoms with Gasteiger partial charge in [0.25, 0.3) is 11.8 Å². The molecule has 24 heavy (non-hydrogen) atoms. The third-order valence-electron chi connectivity index (χ3n) is 2.89. The summed E-state index contributed by atoms with van der Waals surface area (Å²) in [4.78, 5) is 34.1. The number of aromatic nitrogens is 2. The van der Waals surface area contributed by atoms with E-state index < -0.39 is 24.3 Å². The molecule has 1 aromatic heterocycles. The minimum Gasteiger partial charge on any atom is -0.480 e. The molecule has 1 aromatic carbocycles. The van der Waals surface area contributed by atoms with Gasteiger partial charge in [0.1, 0.15) is 6.54 Å². The van der Waals surface area contributed by atoms with Crippen LogP contribution < -0.4 is 15.4 Å². The second-order valence-corrected chi connectivity index (χ2v) is 4.57. The lowest BCUT2D eigenvalue weighted by atomic mass is 10.2. The summed E-state index contributed by atoms with van der Waals surface area (Å²) in [7, 11) is 1.44. The number of carboxylic acids is 1. The summed E-state index contributed by atoms with van der Waals surface area (Å²) in [6.07, 6.45) is 0. The van der Waals surface area contributed by atoms with Gasteiger partial charge in [0.05, 0.1) is 7.11 Å². The molecule has 3 N–H and O–H groups in total. The third-order valence-corrected chi connectivity index (χ3v) is 2.89. The Morgan fingerprint density at radius 1 is 1.04 bits per heavy atom. The molecule has 0 saturated carbocycles. The van der Waals surface area contributed by atoms with Crippen LogP contribution in [0.5, 0.6) is 5.88 Å². The van der Waals surface area contributed by atoms with Crippen molar-refractivity contribution >= 4 is 23.5 Å². The molecule has 0 bridgehead atoms. The molecule has 0 atom stereocenters. The molecule has 9 heteroatoms. The number of nitrogens with one attached hydrogen (secondary N) is 2. The lowest BCUT2D eigenvalue weighted by Gasteiger charge is -2.06. The molecule has 124 valence electrons. The first-order chi connectivity index (χ1) is 11.5. The largest absolute Gasteiger partial charge is 0.480 e. The number of carboxylic acid groups (broad SMARTS) is 1. The number of carbonyl (C=O) groups excluding carboxylic acids is 2. The van der Waals surface area contributed by atoms with E-state index >= 15 is 0 Å². The number of aliphatic carboxylic acids is 1. The number of carbonyl (C=O) groups is 3. The average Bonchev–Trinajstić information content (AvgIpc) is 2.60. The Kier molecular flexibility index (Phi) is 5.40. The van der Waals surface area contributed by atoms with E-state index in [0.29, 0.717) is 11.6 Å². The van der Waals surface area contributed by atoms with Crippen LogP contribution in [0.25, 0.3) is 0 Å². The molecule has 2 amide bonds. The second-order valence-electron chi connectivity index (χ2n) is 4.57. The second kappa shape index (κ2) is 7.68. The van der Waals surface area contributed by atoms with Crippen molar-refractivity contribution in [2.24, 2.45) is 0 Å². The van der Waals surface area contributed by atoms with Crippen LogP contribution in [0, 0.1) is 0 Å². The van der Waals surface area contributed by atoms with E-state index in [1.165, 1.54) is 43.5 Å². The van der Waals surface area contributed by atoms with Crippen LogP contribution in [0.3, 0.4) is 0 Å². The number of methoxy groups -OCH3 is 1. The molecule has 0 aliphatic carbocycles.